The molecule has 1 aliphatic carbocycles. The molecule has 2 rings (SSSR count). The molecule has 118 valence electrons. The van der Waals surface area contributed by atoms with Gasteiger partial charge in [0.1, 0.15) is 0 Å². The average Bonchev–Trinajstić information content (AvgIpc) is 2.41. The number of halogens is 3. The highest BCUT2D eigenvalue weighted by molar-refractivity contribution is 9.10. The molecule has 1 aromatic carbocycles. The first-order chi connectivity index (χ1) is 9.78. The van der Waals surface area contributed by atoms with Crippen molar-refractivity contribution < 1.29 is 8.42 Å². The second kappa shape index (κ2) is 6.87. The zero-order valence-electron chi connectivity index (χ0n) is 11.7. The van der Waals surface area contributed by atoms with Crippen molar-refractivity contribution in [2.24, 2.45) is 5.92 Å². The van der Waals surface area contributed by atoms with E-state index in [1.807, 2.05) is 0 Å². The predicted octanol–water partition coefficient (Wildman–Crippen LogP) is 4.72. The predicted molar refractivity (Wildman–Crippen MR) is 93.6 cm³/mol. The Morgan fingerprint density at radius 1 is 1.48 bits per heavy atom. The molecule has 1 aromatic rings. The maximum absolute atomic E-state index is 12.6. The fraction of sp³-hybridized carbons (Fsp3) is 0.571. The summed E-state index contributed by atoms with van der Waals surface area (Å²) in [5.74, 6) is 0.524. The summed E-state index contributed by atoms with van der Waals surface area (Å²) in [5, 5.41) is 1.12. The van der Waals surface area contributed by atoms with E-state index in [1.54, 1.807) is 12.1 Å². The summed E-state index contributed by atoms with van der Waals surface area (Å²) in [6.07, 6.45) is 3.91. The SMILES string of the molecule is CC1CCCC(CBr)(NS(=O)(=O)c2ccc(Cl)c(Br)c2)C1. The number of hydrogen-bond acceptors (Lipinski definition) is 2. The Morgan fingerprint density at radius 3 is 2.76 bits per heavy atom. The Bertz CT molecular complexity index is 623. The highest BCUT2D eigenvalue weighted by Crippen LogP contribution is 2.35. The molecule has 0 radical (unpaired) electrons. The van der Waals surface area contributed by atoms with Gasteiger partial charge in [-0.25, -0.2) is 13.1 Å². The van der Waals surface area contributed by atoms with E-state index in [4.69, 9.17) is 11.6 Å². The van der Waals surface area contributed by atoms with Gasteiger partial charge >= 0.3 is 0 Å². The standard InChI is InChI=1S/C14H18Br2ClNO2S/c1-10-3-2-6-14(8-10,9-15)18-21(19,20)11-4-5-13(17)12(16)7-11/h4-5,7,10,18H,2-3,6,8-9H2,1H3. The second-order valence-electron chi connectivity index (χ2n) is 5.80. The topological polar surface area (TPSA) is 46.2 Å². The molecule has 0 saturated heterocycles. The third-order valence-electron chi connectivity index (χ3n) is 3.90. The normalized spacial score (nSPS) is 26.8. The van der Waals surface area contributed by atoms with Crippen molar-refractivity contribution in [2.45, 2.75) is 43.0 Å². The Kier molecular flexibility index (Phi) is 5.80. The van der Waals surface area contributed by atoms with Crippen LogP contribution >= 0.6 is 43.5 Å². The molecule has 1 aliphatic rings. The highest BCUT2D eigenvalue weighted by Gasteiger charge is 2.38. The molecule has 2 unspecified atom stereocenters. The van der Waals surface area contributed by atoms with Crippen LogP contribution in [0.5, 0.6) is 0 Å². The van der Waals surface area contributed by atoms with Gasteiger partial charge in [0.05, 0.1) is 9.92 Å². The minimum atomic E-state index is -3.56. The first-order valence-corrected chi connectivity index (χ1v) is 10.6. The van der Waals surface area contributed by atoms with Gasteiger partial charge in [-0.15, -0.1) is 0 Å². The minimum Gasteiger partial charge on any atom is -0.207 e. The van der Waals surface area contributed by atoms with Crippen LogP contribution in [0.15, 0.2) is 27.6 Å². The number of nitrogens with one attached hydrogen (secondary N) is 1. The fourth-order valence-corrected chi connectivity index (χ4v) is 5.84. The summed E-state index contributed by atoms with van der Waals surface area (Å²) >= 11 is 12.7. The summed E-state index contributed by atoms with van der Waals surface area (Å²) in [4.78, 5) is 0.234. The molecule has 0 amide bonds. The van der Waals surface area contributed by atoms with Gasteiger partial charge in [0.25, 0.3) is 0 Å². The van der Waals surface area contributed by atoms with Gasteiger partial charge in [0.15, 0.2) is 0 Å². The molecular weight excluding hydrogens is 441 g/mol. The lowest BCUT2D eigenvalue weighted by molar-refractivity contribution is 0.241. The van der Waals surface area contributed by atoms with Crippen molar-refractivity contribution in [1.82, 2.24) is 4.72 Å². The summed E-state index contributed by atoms with van der Waals surface area (Å²) in [6.45, 7) is 2.17. The van der Waals surface area contributed by atoms with E-state index in [0.717, 1.165) is 25.7 Å². The number of benzene rings is 1. The Hall–Kier alpha value is 0.380. The Balaban J connectivity index is 2.28. The molecule has 2 atom stereocenters. The lowest BCUT2D eigenvalue weighted by Crippen LogP contribution is -2.52. The van der Waals surface area contributed by atoms with Gasteiger partial charge in [0.2, 0.25) is 10.0 Å². The Labute approximate surface area is 148 Å². The van der Waals surface area contributed by atoms with Crippen LogP contribution in [0.3, 0.4) is 0 Å². The molecule has 0 spiro atoms. The Morgan fingerprint density at radius 2 is 2.19 bits per heavy atom. The third-order valence-corrected chi connectivity index (χ3v) is 7.76. The van der Waals surface area contributed by atoms with Crippen molar-refractivity contribution >= 4 is 53.5 Å². The molecule has 7 heteroatoms. The van der Waals surface area contributed by atoms with Crippen molar-refractivity contribution in [1.29, 1.82) is 0 Å². The number of hydrogen-bond donors (Lipinski definition) is 1. The molecule has 0 bridgehead atoms. The molecule has 3 nitrogen and oxygen atoms in total. The lowest BCUT2D eigenvalue weighted by Gasteiger charge is -2.39. The van der Waals surface area contributed by atoms with E-state index in [2.05, 4.69) is 43.5 Å². The van der Waals surface area contributed by atoms with Crippen molar-refractivity contribution in [3.63, 3.8) is 0 Å². The van der Waals surface area contributed by atoms with Gasteiger partial charge in [-0.05, 0) is 52.9 Å². The molecule has 0 heterocycles. The van der Waals surface area contributed by atoms with E-state index >= 15 is 0 Å². The molecule has 1 saturated carbocycles. The average molecular weight is 460 g/mol. The number of sulfonamides is 1. The van der Waals surface area contributed by atoms with Crippen LogP contribution in [0.4, 0.5) is 0 Å². The highest BCUT2D eigenvalue weighted by atomic mass is 79.9. The van der Waals surface area contributed by atoms with Crippen molar-refractivity contribution in [3.8, 4) is 0 Å². The van der Waals surface area contributed by atoms with Crippen LogP contribution < -0.4 is 4.72 Å². The van der Waals surface area contributed by atoms with Crippen LogP contribution in [0, 0.1) is 5.92 Å². The lowest BCUT2D eigenvalue weighted by atomic mass is 9.78. The summed E-state index contributed by atoms with van der Waals surface area (Å²) in [5.41, 5.74) is -0.400. The first-order valence-electron chi connectivity index (χ1n) is 6.83. The second-order valence-corrected chi connectivity index (χ2v) is 9.30. The van der Waals surface area contributed by atoms with E-state index < -0.39 is 15.6 Å². The largest absolute Gasteiger partial charge is 0.241 e. The fourth-order valence-electron chi connectivity index (χ4n) is 2.89. The first kappa shape index (κ1) is 17.7. The zero-order valence-corrected chi connectivity index (χ0v) is 16.4. The van der Waals surface area contributed by atoms with E-state index in [0.29, 0.717) is 20.7 Å². The van der Waals surface area contributed by atoms with Crippen molar-refractivity contribution in [2.75, 3.05) is 5.33 Å². The van der Waals surface area contributed by atoms with Gasteiger partial charge in [-0.2, -0.15) is 0 Å². The zero-order chi connectivity index (χ0) is 15.7. The molecule has 21 heavy (non-hydrogen) atoms. The summed E-state index contributed by atoms with van der Waals surface area (Å²) in [7, 11) is -3.56. The number of alkyl halides is 1. The van der Waals surface area contributed by atoms with E-state index in [-0.39, 0.29) is 4.90 Å². The van der Waals surface area contributed by atoms with Crippen LogP contribution in [-0.4, -0.2) is 19.3 Å². The van der Waals surface area contributed by atoms with Crippen LogP contribution in [0.2, 0.25) is 5.02 Å². The van der Waals surface area contributed by atoms with Gasteiger partial charge in [-0.1, -0.05) is 47.3 Å². The van der Waals surface area contributed by atoms with Gasteiger partial charge < -0.3 is 0 Å². The number of rotatable bonds is 4. The van der Waals surface area contributed by atoms with Gasteiger partial charge in [-0.3, -0.25) is 0 Å². The maximum Gasteiger partial charge on any atom is 0.241 e. The summed E-state index contributed by atoms with van der Waals surface area (Å²) < 4.78 is 28.8. The van der Waals surface area contributed by atoms with E-state index in [9.17, 15) is 8.42 Å². The van der Waals surface area contributed by atoms with Crippen LogP contribution in [0.25, 0.3) is 0 Å². The van der Waals surface area contributed by atoms with Gasteiger partial charge in [0, 0.05) is 15.3 Å². The van der Waals surface area contributed by atoms with Crippen molar-refractivity contribution in [3.05, 3.63) is 27.7 Å². The smallest absolute Gasteiger partial charge is 0.207 e. The maximum atomic E-state index is 12.6. The monoisotopic (exact) mass is 457 g/mol. The molecular formula is C14H18Br2ClNO2S. The molecule has 0 aliphatic heterocycles. The summed E-state index contributed by atoms with van der Waals surface area (Å²) in [6, 6.07) is 4.66. The van der Waals surface area contributed by atoms with E-state index in [1.165, 1.54) is 6.07 Å². The van der Waals surface area contributed by atoms with Crippen LogP contribution in [-0.2, 0) is 10.0 Å². The molecule has 1 fully saturated rings. The van der Waals surface area contributed by atoms with Crippen LogP contribution in [0.1, 0.15) is 32.6 Å². The third kappa shape index (κ3) is 4.22. The minimum absolute atomic E-state index is 0.234. The quantitative estimate of drug-likeness (QED) is 0.662. The molecule has 1 N–H and O–H groups in total. The molecule has 0 aromatic heterocycles.